The van der Waals surface area contributed by atoms with Gasteiger partial charge in [-0.3, -0.25) is 0 Å². The molecule has 48 heavy (non-hydrogen) atoms. The molecule has 0 saturated carbocycles. The molecular formula is C45H75N3. The summed E-state index contributed by atoms with van der Waals surface area (Å²) in [6.45, 7) is 37.0. The highest BCUT2D eigenvalue weighted by molar-refractivity contribution is 5.86. The van der Waals surface area contributed by atoms with Gasteiger partial charge in [0.15, 0.2) is 0 Å². The topological polar surface area (TPSA) is 14.8 Å². The standard InChI is InChI=1S/3C11H13N.6C2H6/c3*1-8-9(2)12(3)11-7-5-4-6-10(8)11;6*1-2/h3*4-7H,1-3H3;6*1-2H3. The summed E-state index contributed by atoms with van der Waals surface area (Å²) in [5, 5.41) is 4.12. The number of hydrogen-bond donors (Lipinski definition) is 0. The number of aromatic nitrogens is 3. The van der Waals surface area contributed by atoms with Crippen molar-refractivity contribution in [3.8, 4) is 0 Å². The van der Waals surface area contributed by atoms with Crippen LogP contribution in [0.2, 0.25) is 0 Å². The predicted octanol–water partition coefficient (Wildman–Crippen LogP) is 14.5. The van der Waals surface area contributed by atoms with Crippen LogP contribution in [0.5, 0.6) is 0 Å². The van der Waals surface area contributed by atoms with Gasteiger partial charge < -0.3 is 13.7 Å². The van der Waals surface area contributed by atoms with Gasteiger partial charge in [-0.2, -0.15) is 0 Å². The van der Waals surface area contributed by atoms with Crippen LogP contribution in [-0.2, 0) is 21.1 Å². The zero-order valence-corrected chi connectivity index (χ0v) is 35.3. The van der Waals surface area contributed by atoms with Crippen LogP contribution in [0.25, 0.3) is 32.7 Å². The summed E-state index contributed by atoms with van der Waals surface area (Å²) in [4.78, 5) is 0. The fraction of sp³-hybridized carbons (Fsp3) is 0.467. The monoisotopic (exact) mass is 658 g/mol. The zero-order chi connectivity index (χ0) is 38.1. The van der Waals surface area contributed by atoms with E-state index < -0.39 is 0 Å². The zero-order valence-electron chi connectivity index (χ0n) is 35.3. The summed E-state index contributed by atoms with van der Waals surface area (Å²) in [5.74, 6) is 0. The van der Waals surface area contributed by atoms with E-state index in [1.54, 1.807) is 0 Å². The molecule has 0 bridgehead atoms. The molecule has 0 unspecified atom stereocenters. The first kappa shape index (κ1) is 48.7. The SMILES string of the molecule is CC.CC.CC.CC.CC.CC.Cc1c(C)n(C)c2ccccc12.Cc1c(C)n(C)c2ccccc12.Cc1c(C)n(C)c2ccccc12. The van der Waals surface area contributed by atoms with Crippen molar-refractivity contribution < 1.29 is 0 Å². The number of fused-ring (bicyclic) bond motifs is 3. The molecule has 0 aliphatic heterocycles. The van der Waals surface area contributed by atoms with E-state index in [1.165, 1.54) is 66.5 Å². The molecule has 0 aliphatic rings. The number of aryl methyl sites for hydroxylation is 6. The Labute approximate surface area is 298 Å². The Bertz CT molecular complexity index is 1360. The maximum Gasteiger partial charge on any atom is 0.0482 e. The Balaban J connectivity index is -0.000000546. The lowest BCUT2D eigenvalue weighted by Crippen LogP contribution is -1.89. The molecule has 0 fully saturated rings. The molecule has 3 aromatic heterocycles. The maximum atomic E-state index is 2.24. The van der Waals surface area contributed by atoms with Gasteiger partial charge in [0.05, 0.1) is 0 Å². The summed E-state index contributed by atoms with van der Waals surface area (Å²) in [5.41, 5.74) is 12.2. The molecule has 0 spiro atoms. The van der Waals surface area contributed by atoms with Gasteiger partial charge in [0.2, 0.25) is 0 Å². The highest BCUT2D eigenvalue weighted by Gasteiger charge is 2.07. The van der Waals surface area contributed by atoms with Crippen LogP contribution in [0.1, 0.15) is 117 Å². The number of para-hydroxylation sites is 3. The molecule has 0 atom stereocenters. The second-order valence-corrected chi connectivity index (χ2v) is 9.86. The van der Waals surface area contributed by atoms with Gasteiger partial charge >= 0.3 is 0 Å². The van der Waals surface area contributed by atoms with Crippen LogP contribution in [-0.4, -0.2) is 13.7 Å². The van der Waals surface area contributed by atoms with Crippen LogP contribution < -0.4 is 0 Å². The van der Waals surface area contributed by atoms with Gasteiger partial charge in [-0.15, -0.1) is 0 Å². The molecule has 0 amide bonds. The van der Waals surface area contributed by atoms with Gasteiger partial charge in [0.25, 0.3) is 0 Å². The molecule has 270 valence electrons. The minimum Gasteiger partial charge on any atom is -0.348 e. The average molecular weight is 658 g/mol. The van der Waals surface area contributed by atoms with Crippen LogP contribution >= 0.6 is 0 Å². The Morgan fingerprint density at radius 1 is 0.292 bits per heavy atom. The fourth-order valence-electron chi connectivity index (χ4n) is 5.13. The number of benzene rings is 3. The second-order valence-electron chi connectivity index (χ2n) is 9.86. The van der Waals surface area contributed by atoms with E-state index in [1.807, 2.05) is 83.1 Å². The molecule has 0 radical (unpaired) electrons. The second kappa shape index (κ2) is 27.3. The molecular weight excluding hydrogens is 583 g/mol. The van der Waals surface area contributed by atoms with Gasteiger partial charge in [-0.1, -0.05) is 138 Å². The van der Waals surface area contributed by atoms with E-state index in [9.17, 15) is 0 Å². The molecule has 6 rings (SSSR count). The summed E-state index contributed by atoms with van der Waals surface area (Å²) < 4.78 is 6.72. The van der Waals surface area contributed by atoms with E-state index in [4.69, 9.17) is 0 Å². The Morgan fingerprint density at radius 2 is 0.458 bits per heavy atom. The largest absolute Gasteiger partial charge is 0.348 e. The van der Waals surface area contributed by atoms with Crippen LogP contribution in [0.3, 0.4) is 0 Å². The highest BCUT2D eigenvalue weighted by atomic mass is 15.0. The fourth-order valence-corrected chi connectivity index (χ4v) is 5.13. The third kappa shape index (κ3) is 12.1. The van der Waals surface area contributed by atoms with Crippen molar-refractivity contribution in [2.45, 2.75) is 125 Å². The van der Waals surface area contributed by atoms with E-state index in [0.717, 1.165) is 0 Å². The van der Waals surface area contributed by atoms with Crippen LogP contribution in [0, 0.1) is 41.5 Å². The lowest BCUT2D eigenvalue weighted by Gasteiger charge is -1.96. The third-order valence-corrected chi connectivity index (χ3v) is 8.15. The minimum absolute atomic E-state index is 1.33. The van der Waals surface area contributed by atoms with Crippen molar-refractivity contribution in [3.63, 3.8) is 0 Å². The Morgan fingerprint density at radius 3 is 0.625 bits per heavy atom. The first-order valence-corrected chi connectivity index (χ1v) is 18.7. The molecule has 3 heteroatoms. The summed E-state index contributed by atoms with van der Waals surface area (Å²) in [6, 6.07) is 25.6. The minimum atomic E-state index is 1.33. The van der Waals surface area contributed by atoms with E-state index >= 15 is 0 Å². The molecule has 0 N–H and O–H groups in total. The van der Waals surface area contributed by atoms with Gasteiger partial charge in [-0.25, -0.2) is 0 Å². The number of hydrogen-bond acceptors (Lipinski definition) is 0. The smallest absolute Gasteiger partial charge is 0.0482 e. The molecule has 3 aromatic carbocycles. The predicted molar refractivity (Wildman–Crippen MR) is 225 cm³/mol. The van der Waals surface area contributed by atoms with E-state index in [2.05, 4.69) is 149 Å². The van der Waals surface area contributed by atoms with Crippen molar-refractivity contribution in [1.82, 2.24) is 13.7 Å². The van der Waals surface area contributed by atoms with E-state index in [0.29, 0.717) is 0 Å². The normalized spacial score (nSPS) is 8.94. The van der Waals surface area contributed by atoms with Crippen LogP contribution in [0.15, 0.2) is 72.8 Å². The molecule has 3 heterocycles. The number of nitrogens with zero attached hydrogens (tertiary/aromatic N) is 3. The lowest BCUT2D eigenvalue weighted by molar-refractivity contribution is 0.910. The third-order valence-electron chi connectivity index (χ3n) is 8.15. The summed E-state index contributed by atoms with van der Waals surface area (Å²) >= 11 is 0. The molecule has 3 nitrogen and oxygen atoms in total. The van der Waals surface area contributed by atoms with Crippen molar-refractivity contribution in [2.24, 2.45) is 21.1 Å². The van der Waals surface area contributed by atoms with Crippen molar-refractivity contribution in [2.75, 3.05) is 0 Å². The molecule has 0 aliphatic carbocycles. The van der Waals surface area contributed by atoms with Gasteiger partial charge in [0, 0.05) is 70.9 Å². The van der Waals surface area contributed by atoms with Crippen LogP contribution in [0.4, 0.5) is 0 Å². The summed E-state index contributed by atoms with van der Waals surface area (Å²) in [7, 11) is 6.35. The van der Waals surface area contributed by atoms with Crippen molar-refractivity contribution in [1.29, 1.82) is 0 Å². The van der Waals surface area contributed by atoms with Gasteiger partial charge in [0.1, 0.15) is 0 Å². The molecule has 6 aromatic rings. The van der Waals surface area contributed by atoms with E-state index in [-0.39, 0.29) is 0 Å². The maximum absolute atomic E-state index is 2.24. The quantitative estimate of drug-likeness (QED) is 0.154. The Hall–Kier alpha value is -3.72. The highest BCUT2D eigenvalue weighted by Crippen LogP contribution is 2.25. The number of rotatable bonds is 0. The van der Waals surface area contributed by atoms with Crippen molar-refractivity contribution in [3.05, 3.63) is 107 Å². The lowest BCUT2D eigenvalue weighted by atomic mass is 10.2. The summed E-state index contributed by atoms with van der Waals surface area (Å²) in [6.07, 6.45) is 0. The molecule has 0 saturated heterocycles. The first-order valence-electron chi connectivity index (χ1n) is 18.7. The average Bonchev–Trinajstić information content (AvgIpc) is 3.65. The first-order chi connectivity index (χ1) is 23.1. The van der Waals surface area contributed by atoms with Gasteiger partial charge in [-0.05, 0) is 76.4 Å². The Kier molecular flexibility index (Phi) is 27.6. The van der Waals surface area contributed by atoms with Crippen molar-refractivity contribution >= 4 is 32.7 Å².